The predicted molar refractivity (Wildman–Crippen MR) is 139 cm³/mol. The summed E-state index contributed by atoms with van der Waals surface area (Å²) in [5.41, 5.74) is 1.56. The van der Waals surface area contributed by atoms with Gasteiger partial charge in [0, 0.05) is 54.6 Å². The summed E-state index contributed by atoms with van der Waals surface area (Å²) in [5.74, 6) is 1.40. The minimum atomic E-state index is -0.490. The second-order valence-corrected chi connectivity index (χ2v) is 9.77. The number of hydrogen-bond acceptors (Lipinski definition) is 11. The SMILES string of the molecule is Cc1nn(CC(C)O)cc1Nc1ncnc(N2CCN(c3ncc(Sc4ccccc4F)cn3)CC2)n1. The fourth-order valence-corrected chi connectivity index (χ4v) is 4.69. The third kappa shape index (κ3) is 6.12. The van der Waals surface area contributed by atoms with E-state index < -0.39 is 6.10 Å². The van der Waals surface area contributed by atoms with Crippen molar-refractivity contribution >= 4 is 35.3 Å². The van der Waals surface area contributed by atoms with Crippen LogP contribution in [-0.2, 0) is 6.54 Å². The predicted octanol–water partition coefficient (Wildman–Crippen LogP) is 2.91. The van der Waals surface area contributed by atoms with Crippen LogP contribution in [0.15, 0.2) is 59.0 Å². The lowest BCUT2D eigenvalue weighted by atomic mass is 10.3. The van der Waals surface area contributed by atoms with E-state index in [1.54, 1.807) is 42.2 Å². The Kier molecular flexibility index (Phi) is 7.42. The highest BCUT2D eigenvalue weighted by molar-refractivity contribution is 7.99. The van der Waals surface area contributed by atoms with Crippen molar-refractivity contribution in [1.82, 2.24) is 34.7 Å². The topological polar surface area (TPSA) is 121 Å². The van der Waals surface area contributed by atoms with Crippen LogP contribution in [-0.4, -0.2) is 72.1 Å². The number of aryl methyl sites for hydroxylation is 1. The van der Waals surface area contributed by atoms with Gasteiger partial charge in [-0.15, -0.1) is 0 Å². The Morgan fingerprint density at radius 2 is 1.73 bits per heavy atom. The molecule has 1 saturated heterocycles. The lowest BCUT2D eigenvalue weighted by Gasteiger charge is -2.34. The van der Waals surface area contributed by atoms with Crippen molar-refractivity contribution in [1.29, 1.82) is 0 Å². The van der Waals surface area contributed by atoms with Gasteiger partial charge in [0.1, 0.15) is 12.1 Å². The quantitative estimate of drug-likeness (QED) is 0.355. The first kappa shape index (κ1) is 24.8. The van der Waals surface area contributed by atoms with Crippen molar-refractivity contribution in [2.75, 3.05) is 41.3 Å². The molecule has 4 heterocycles. The summed E-state index contributed by atoms with van der Waals surface area (Å²) in [6.45, 7) is 6.82. The van der Waals surface area contributed by atoms with Gasteiger partial charge in [0.2, 0.25) is 17.8 Å². The molecule has 0 bridgehead atoms. The van der Waals surface area contributed by atoms with Crippen LogP contribution >= 0.6 is 11.8 Å². The van der Waals surface area contributed by atoms with Gasteiger partial charge in [-0.3, -0.25) is 4.68 Å². The number of hydrogen-bond donors (Lipinski definition) is 2. The van der Waals surface area contributed by atoms with Gasteiger partial charge >= 0.3 is 0 Å². The number of rotatable bonds is 8. The number of nitrogens with zero attached hydrogens (tertiary/aromatic N) is 9. The molecule has 1 unspecified atom stereocenters. The Hall–Kier alpha value is -3.84. The van der Waals surface area contributed by atoms with Crippen LogP contribution in [0.1, 0.15) is 12.6 Å². The van der Waals surface area contributed by atoms with Crippen molar-refractivity contribution in [2.24, 2.45) is 0 Å². The fraction of sp³-hybridized carbons (Fsp3) is 0.333. The first-order valence-electron chi connectivity index (χ1n) is 11.9. The average Bonchev–Trinajstić information content (AvgIpc) is 3.23. The molecule has 4 aromatic rings. The Labute approximate surface area is 217 Å². The zero-order chi connectivity index (χ0) is 25.8. The van der Waals surface area contributed by atoms with E-state index in [-0.39, 0.29) is 5.82 Å². The molecule has 13 heteroatoms. The smallest absolute Gasteiger partial charge is 0.232 e. The summed E-state index contributed by atoms with van der Waals surface area (Å²) in [5, 5.41) is 17.2. The molecule has 192 valence electrons. The first-order valence-corrected chi connectivity index (χ1v) is 12.7. The van der Waals surface area contributed by atoms with E-state index in [0.717, 1.165) is 16.3 Å². The molecule has 0 aliphatic carbocycles. The minimum Gasteiger partial charge on any atom is -0.391 e. The van der Waals surface area contributed by atoms with Gasteiger partial charge in [-0.2, -0.15) is 10.1 Å². The Balaban J connectivity index is 1.18. The van der Waals surface area contributed by atoms with Gasteiger partial charge in [0.25, 0.3) is 0 Å². The van der Waals surface area contributed by atoms with Crippen molar-refractivity contribution in [3.05, 3.63) is 60.7 Å². The molecule has 11 nitrogen and oxygen atoms in total. The van der Waals surface area contributed by atoms with Crippen LogP contribution in [0.25, 0.3) is 0 Å². The van der Waals surface area contributed by atoms with Crippen LogP contribution in [0.5, 0.6) is 0 Å². The highest BCUT2D eigenvalue weighted by Gasteiger charge is 2.21. The molecule has 1 aliphatic rings. The molecule has 5 rings (SSSR count). The van der Waals surface area contributed by atoms with Crippen molar-refractivity contribution < 1.29 is 9.50 Å². The number of halogens is 1. The molecule has 0 spiro atoms. The fourth-order valence-electron chi connectivity index (χ4n) is 3.91. The van der Waals surface area contributed by atoms with Crippen LogP contribution in [0.2, 0.25) is 0 Å². The lowest BCUT2D eigenvalue weighted by Crippen LogP contribution is -2.47. The van der Waals surface area contributed by atoms with Crippen molar-refractivity contribution in [2.45, 2.75) is 36.3 Å². The maximum Gasteiger partial charge on any atom is 0.232 e. The number of piperazine rings is 1. The molecule has 37 heavy (non-hydrogen) atoms. The third-order valence-corrected chi connectivity index (χ3v) is 6.73. The molecule has 1 fully saturated rings. The largest absolute Gasteiger partial charge is 0.391 e. The molecule has 0 saturated carbocycles. The molecule has 1 aromatic carbocycles. The van der Waals surface area contributed by atoms with Gasteiger partial charge in [0.05, 0.1) is 24.0 Å². The Bertz CT molecular complexity index is 1340. The molecule has 0 radical (unpaired) electrons. The molecule has 1 atom stereocenters. The van der Waals surface area contributed by atoms with Gasteiger partial charge in [-0.05, 0) is 26.0 Å². The number of aliphatic hydroxyl groups excluding tert-OH is 1. The number of anilines is 4. The monoisotopic (exact) mass is 522 g/mol. The van der Waals surface area contributed by atoms with Crippen LogP contribution in [0.4, 0.5) is 27.9 Å². The highest BCUT2D eigenvalue weighted by Crippen LogP contribution is 2.29. The van der Waals surface area contributed by atoms with Crippen LogP contribution in [0.3, 0.4) is 0 Å². The zero-order valence-electron chi connectivity index (χ0n) is 20.5. The molecule has 1 aliphatic heterocycles. The normalized spacial score (nSPS) is 14.6. The Morgan fingerprint density at radius 3 is 2.43 bits per heavy atom. The summed E-state index contributed by atoms with van der Waals surface area (Å²) in [7, 11) is 0. The summed E-state index contributed by atoms with van der Waals surface area (Å²) in [4.78, 5) is 27.7. The van der Waals surface area contributed by atoms with Gasteiger partial charge in [-0.25, -0.2) is 24.3 Å². The number of aromatic nitrogens is 7. The summed E-state index contributed by atoms with van der Waals surface area (Å²) in [6, 6.07) is 6.65. The number of aliphatic hydroxyl groups is 1. The van der Waals surface area contributed by atoms with E-state index in [1.807, 2.05) is 13.1 Å². The lowest BCUT2D eigenvalue weighted by molar-refractivity contribution is 0.168. The van der Waals surface area contributed by atoms with E-state index in [9.17, 15) is 9.50 Å². The minimum absolute atomic E-state index is 0.258. The summed E-state index contributed by atoms with van der Waals surface area (Å²) < 4.78 is 15.6. The first-order chi connectivity index (χ1) is 17.9. The van der Waals surface area contributed by atoms with Crippen LogP contribution < -0.4 is 15.1 Å². The summed E-state index contributed by atoms with van der Waals surface area (Å²) >= 11 is 1.30. The second-order valence-electron chi connectivity index (χ2n) is 8.66. The van der Waals surface area contributed by atoms with Crippen molar-refractivity contribution in [3.63, 3.8) is 0 Å². The Morgan fingerprint density at radius 1 is 1.03 bits per heavy atom. The molecule has 0 amide bonds. The van der Waals surface area contributed by atoms with E-state index >= 15 is 0 Å². The van der Waals surface area contributed by atoms with E-state index in [0.29, 0.717) is 55.5 Å². The molecular formula is C24H27FN10OS. The average molecular weight is 523 g/mol. The number of nitrogens with one attached hydrogen (secondary N) is 1. The number of benzene rings is 1. The molecule has 3 aromatic heterocycles. The highest BCUT2D eigenvalue weighted by atomic mass is 32.2. The van der Waals surface area contributed by atoms with Gasteiger partial charge in [-0.1, -0.05) is 23.9 Å². The second kappa shape index (κ2) is 11.0. The van der Waals surface area contributed by atoms with Gasteiger partial charge in [0.15, 0.2) is 0 Å². The maximum atomic E-state index is 13.9. The third-order valence-electron chi connectivity index (χ3n) is 5.73. The maximum absolute atomic E-state index is 13.9. The zero-order valence-corrected chi connectivity index (χ0v) is 21.3. The van der Waals surface area contributed by atoms with Gasteiger partial charge < -0.3 is 20.2 Å². The van der Waals surface area contributed by atoms with E-state index in [1.165, 1.54) is 24.2 Å². The molecular weight excluding hydrogens is 495 g/mol. The standard InChI is InChI=1S/C24H27FN10OS/c1-16(36)13-35-14-20(17(2)32-35)30-22-28-15-29-24(31-22)34-9-7-33(8-10-34)23-26-11-18(12-27-23)37-21-6-4-3-5-19(21)25/h3-6,11-12,14-16,36H,7-10,13H2,1-2H3,(H,28,29,30,31). The van der Waals surface area contributed by atoms with Crippen molar-refractivity contribution in [3.8, 4) is 0 Å². The molecule has 2 N–H and O–H groups in total. The summed E-state index contributed by atoms with van der Waals surface area (Å²) in [6.07, 6.45) is 6.27. The van der Waals surface area contributed by atoms with E-state index in [2.05, 4.69) is 45.1 Å². The van der Waals surface area contributed by atoms with Crippen LogP contribution in [0, 0.1) is 12.7 Å². The van der Waals surface area contributed by atoms with E-state index in [4.69, 9.17) is 0 Å².